The fourth-order valence-corrected chi connectivity index (χ4v) is 6.31. The van der Waals surface area contributed by atoms with E-state index >= 15 is 4.39 Å². The number of alkyl halides is 1. The van der Waals surface area contributed by atoms with Gasteiger partial charge in [-0.05, 0) is 12.6 Å². The van der Waals surface area contributed by atoms with E-state index in [1.54, 1.807) is 0 Å². The minimum Gasteiger partial charge on any atom is -0.385 e. The van der Waals surface area contributed by atoms with Gasteiger partial charge in [0.2, 0.25) is 5.95 Å². The van der Waals surface area contributed by atoms with Gasteiger partial charge in [0.15, 0.2) is 53.3 Å². The lowest BCUT2D eigenvalue weighted by Crippen LogP contribution is -2.33. The fourth-order valence-electron chi connectivity index (χ4n) is 5.19. The summed E-state index contributed by atoms with van der Waals surface area (Å²) in [7, 11) is 1.86. The van der Waals surface area contributed by atoms with Crippen molar-refractivity contribution in [2.45, 2.75) is 49.7 Å². The Labute approximate surface area is 237 Å². The van der Waals surface area contributed by atoms with Crippen LogP contribution in [0, 0.1) is 5.92 Å². The Balaban J connectivity index is 1.11. The Bertz CT molecular complexity index is 1680. The molecule has 0 aliphatic carbocycles. The molecule has 3 unspecified atom stereocenters. The first kappa shape index (κ1) is 29.1. The molecule has 42 heavy (non-hydrogen) atoms. The van der Waals surface area contributed by atoms with Crippen LogP contribution in [0.3, 0.4) is 0 Å². The molecule has 21 heteroatoms. The summed E-state index contributed by atoms with van der Waals surface area (Å²) in [6.07, 6.45) is -3.87. The monoisotopic (exact) mass is 629 g/mol. The van der Waals surface area contributed by atoms with Crippen molar-refractivity contribution in [2.24, 2.45) is 5.92 Å². The van der Waals surface area contributed by atoms with Crippen molar-refractivity contribution in [3.05, 3.63) is 39.7 Å². The molecular weight excluding hydrogens is 603 g/mol. The average Bonchev–Trinajstić information content (AvgIpc) is 3.72. The van der Waals surface area contributed by atoms with Gasteiger partial charge in [-0.3, -0.25) is 29.0 Å². The van der Waals surface area contributed by atoms with Gasteiger partial charge < -0.3 is 34.3 Å². The van der Waals surface area contributed by atoms with Crippen LogP contribution >= 0.6 is 18.3 Å². The zero-order valence-electron chi connectivity index (χ0n) is 21.4. The van der Waals surface area contributed by atoms with E-state index in [1.165, 1.54) is 28.1 Å². The highest BCUT2D eigenvalue weighted by atomic mass is 31.1. The predicted molar refractivity (Wildman–Crippen MR) is 145 cm³/mol. The van der Waals surface area contributed by atoms with E-state index in [1.807, 2.05) is 0 Å². The minimum atomic E-state index is -1.49. The summed E-state index contributed by atoms with van der Waals surface area (Å²) in [5.74, 6) is -0.766. The number of aliphatic hydroxyl groups excluding tert-OH is 1. The molecule has 2 fully saturated rings. The number of nitrogens with two attached hydrogens (primary N) is 1. The second-order valence-corrected chi connectivity index (χ2v) is 11.0. The summed E-state index contributed by atoms with van der Waals surface area (Å²) in [6, 6.07) is 0. The van der Waals surface area contributed by atoms with Gasteiger partial charge in [0.1, 0.15) is 6.10 Å². The fraction of sp³-hybridized carbons (Fsp3) is 0.524. The van der Waals surface area contributed by atoms with Gasteiger partial charge in [-0.2, -0.15) is 4.98 Å². The molecule has 226 valence electrons. The SMILES string of the molecule is Nc1nc2c(ncn2[C@@H]2OC(OPCC[C@H]3[C@H](F)[C@H](n4cnc5c(=O)[nH]cnc54)O[C@@H]3COP)[C@@H](O)[C@H]2OO)c(=O)[nH]1. The highest BCUT2D eigenvalue weighted by molar-refractivity contribution is 7.32. The summed E-state index contributed by atoms with van der Waals surface area (Å²) >= 11 is 0. The van der Waals surface area contributed by atoms with Crippen LogP contribution < -0.4 is 16.9 Å². The maximum Gasteiger partial charge on any atom is 0.280 e. The maximum absolute atomic E-state index is 15.8. The number of aromatic nitrogens is 8. The first-order valence-electron chi connectivity index (χ1n) is 12.6. The van der Waals surface area contributed by atoms with E-state index < -0.39 is 60.3 Å². The third-order valence-electron chi connectivity index (χ3n) is 7.17. The summed E-state index contributed by atoms with van der Waals surface area (Å²) in [6.45, 7) is 0.0960. The Morgan fingerprint density at radius 1 is 1.12 bits per heavy atom. The summed E-state index contributed by atoms with van der Waals surface area (Å²) in [5, 5.41) is 20.2. The maximum atomic E-state index is 15.8. The Hall–Kier alpha value is -2.99. The number of halogens is 1. The third-order valence-corrected chi connectivity index (χ3v) is 8.25. The molecule has 2 saturated heterocycles. The van der Waals surface area contributed by atoms with Crippen molar-refractivity contribution in [1.29, 1.82) is 0 Å². The Kier molecular flexibility index (Phi) is 8.28. The van der Waals surface area contributed by atoms with E-state index in [2.05, 4.69) is 44.3 Å². The van der Waals surface area contributed by atoms with Gasteiger partial charge in [0.05, 0.1) is 31.7 Å². The Morgan fingerprint density at radius 2 is 1.86 bits per heavy atom. The first-order chi connectivity index (χ1) is 20.3. The van der Waals surface area contributed by atoms with E-state index in [-0.39, 0.29) is 43.7 Å². The van der Waals surface area contributed by atoms with Crippen LogP contribution in [0.25, 0.3) is 22.3 Å². The average molecular weight is 629 g/mol. The number of H-pyrrole nitrogens is 2. The smallest absolute Gasteiger partial charge is 0.280 e. The van der Waals surface area contributed by atoms with Gasteiger partial charge in [-0.15, -0.1) is 0 Å². The van der Waals surface area contributed by atoms with Gasteiger partial charge >= 0.3 is 0 Å². The molecule has 0 saturated carbocycles. The standard InChI is InChI=1S/C21H26FN9O9P2/c22-9-7(8(3-36-41)37-18(9)30-5-26-10-14(30)24-4-25-16(10)33)1-2-42-40-20-12(32)13(39-35)19(38-20)31-6-27-11-15(31)28-21(23)29-17(11)34/h4-9,12-13,18-20,32,35,42H,1-3,41H2,(H,24,25,33)(H3,23,28,29,34)/t7-,8-,9+,12+,13-,18-,19-,20?/m1/s1. The highest BCUT2D eigenvalue weighted by Crippen LogP contribution is 2.41. The lowest BCUT2D eigenvalue weighted by Gasteiger charge is -2.19. The van der Waals surface area contributed by atoms with Gasteiger partial charge in [-0.1, -0.05) is 0 Å². The number of imidazole rings is 2. The van der Waals surface area contributed by atoms with Gasteiger partial charge in [0.25, 0.3) is 11.1 Å². The highest BCUT2D eigenvalue weighted by Gasteiger charge is 2.49. The number of hydrogen-bond acceptors (Lipinski definition) is 14. The summed E-state index contributed by atoms with van der Waals surface area (Å²) < 4.78 is 41.1. The van der Waals surface area contributed by atoms with E-state index in [4.69, 9.17) is 24.3 Å². The van der Waals surface area contributed by atoms with Gasteiger partial charge in [-0.25, -0.2) is 24.2 Å². The number of fused-ring (bicyclic) bond motifs is 2. The van der Waals surface area contributed by atoms with Crippen LogP contribution in [0.5, 0.6) is 0 Å². The predicted octanol–water partition coefficient (Wildman–Crippen LogP) is -0.432. The van der Waals surface area contributed by atoms with Crippen molar-refractivity contribution in [3.8, 4) is 0 Å². The van der Waals surface area contributed by atoms with Crippen LogP contribution in [0.1, 0.15) is 18.9 Å². The van der Waals surface area contributed by atoms with Crippen molar-refractivity contribution in [3.63, 3.8) is 0 Å². The molecule has 0 spiro atoms. The molecule has 2 aliphatic heterocycles. The van der Waals surface area contributed by atoms with Crippen molar-refractivity contribution < 1.29 is 38.2 Å². The van der Waals surface area contributed by atoms with Crippen LogP contribution in [-0.4, -0.2) is 92.9 Å². The number of ether oxygens (including phenoxy) is 2. The molecule has 6 N–H and O–H groups in total. The first-order valence-corrected chi connectivity index (χ1v) is 14.2. The number of hydrogen-bond donors (Lipinski definition) is 5. The topological polar surface area (TPSA) is 240 Å². The molecule has 0 amide bonds. The van der Waals surface area contributed by atoms with Crippen LogP contribution in [0.2, 0.25) is 0 Å². The Morgan fingerprint density at radius 3 is 2.60 bits per heavy atom. The number of aliphatic hydroxyl groups is 1. The van der Waals surface area contributed by atoms with Crippen LogP contribution in [0.15, 0.2) is 28.6 Å². The van der Waals surface area contributed by atoms with Crippen molar-refractivity contribution >= 4 is 46.6 Å². The molecular formula is C21H26FN9O9P2. The molecule has 18 nitrogen and oxygen atoms in total. The number of nitrogens with one attached hydrogen (secondary N) is 2. The van der Waals surface area contributed by atoms with Crippen molar-refractivity contribution in [2.75, 3.05) is 18.5 Å². The molecule has 4 aromatic heterocycles. The number of anilines is 1. The van der Waals surface area contributed by atoms with E-state index in [0.29, 0.717) is 12.6 Å². The number of nitrogens with zero attached hydrogens (tertiary/aromatic N) is 6. The lowest BCUT2D eigenvalue weighted by molar-refractivity contribution is -0.305. The van der Waals surface area contributed by atoms with Crippen molar-refractivity contribution in [1.82, 2.24) is 39.0 Å². The molecule has 0 radical (unpaired) electrons. The molecule has 6 rings (SSSR count). The molecule has 10 atom stereocenters. The van der Waals surface area contributed by atoms with Crippen LogP contribution in [0.4, 0.5) is 10.3 Å². The zero-order valence-corrected chi connectivity index (χ0v) is 23.6. The quantitative estimate of drug-likeness (QED) is 0.0647. The second-order valence-electron chi connectivity index (χ2n) is 9.59. The minimum absolute atomic E-state index is 0.0293. The molecule has 6 heterocycles. The second kappa shape index (κ2) is 11.9. The largest absolute Gasteiger partial charge is 0.385 e. The number of nitrogen functional groups attached to an aromatic ring is 1. The molecule has 4 aromatic rings. The summed E-state index contributed by atoms with van der Waals surface area (Å²) in [5.41, 5.74) is 4.90. The zero-order chi connectivity index (χ0) is 29.5. The number of aromatic amines is 2. The molecule has 2 aliphatic rings. The normalized spacial score (nSPS) is 30.0. The lowest BCUT2D eigenvalue weighted by atomic mass is 9.96. The van der Waals surface area contributed by atoms with Crippen LogP contribution in [-0.2, 0) is 23.4 Å². The third kappa shape index (κ3) is 5.10. The van der Waals surface area contributed by atoms with E-state index in [9.17, 15) is 20.0 Å². The molecule has 0 bridgehead atoms. The molecule has 0 aromatic carbocycles. The summed E-state index contributed by atoms with van der Waals surface area (Å²) in [4.78, 5) is 49.6. The van der Waals surface area contributed by atoms with E-state index in [0.717, 1.165) is 0 Å². The van der Waals surface area contributed by atoms with Gasteiger partial charge in [0, 0.05) is 24.2 Å². The number of rotatable bonds is 10.